The summed E-state index contributed by atoms with van der Waals surface area (Å²) < 4.78 is 5.03. The molecule has 0 aliphatic carbocycles. The van der Waals surface area contributed by atoms with Crippen molar-refractivity contribution < 1.29 is 9.53 Å². The Morgan fingerprint density at radius 1 is 1.42 bits per heavy atom. The van der Waals surface area contributed by atoms with Gasteiger partial charge in [0.1, 0.15) is 0 Å². The summed E-state index contributed by atoms with van der Waals surface area (Å²) in [6, 6.07) is 0. The average molecular weight is 282 g/mol. The number of thiazole rings is 1. The Morgan fingerprint density at radius 2 is 2.11 bits per heavy atom. The number of carbonyl (C=O) groups excluding carboxylic acids is 1. The normalized spacial score (nSPS) is 16.7. The number of rotatable bonds is 4. The van der Waals surface area contributed by atoms with Gasteiger partial charge in [-0.05, 0) is 32.6 Å². The van der Waals surface area contributed by atoms with Gasteiger partial charge in [-0.2, -0.15) is 0 Å². The number of aromatic nitrogens is 1. The van der Waals surface area contributed by atoms with Crippen LogP contribution in [0.1, 0.15) is 48.5 Å². The summed E-state index contributed by atoms with van der Waals surface area (Å²) in [6.07, 6.45) is 3.71. The van der Waals surface area contributed by atoms with Crippen molar-refractivity contribution in [2.75, 3.05) is 24.6 Å². The van der Waals surface area contributed by atoms with Crippen LogP contribution in [0.4, 0.5) is 5.13 Å². The zero-order valence-corrected chi connectivity index (χ0v) is 12.8. The summed E-state index contributed by atoms with van der Waals surface area (Å²) in [5.41, 5.74) is 0.486. The van der Waals surface area contributed by atoms with Crippen LogP contribution in [0.2, 0.25) is 0 Å². The van der Waals surface area contributed by atoms with Gasteiger partial charge in [-0.15, -0.1) is 11.3 Å². The van der Waals surface area contributed by atoms with Crippen LogP contribution in [0.25, 0.3) is 0 Å². The molecule has 0 spiro atoms. The Bertz CT molecular complexity index is 437. The second-order valence-electron chi connectivity index (χ2n) is 4.96. The fraction of sp³-hybridized carbons (Fsp3) is 0.714. The molecular formula is C14H22N2O2S. The molecule has 106 valence electrons. The van der Waals surface area contributed by atoms with Gasteiger partial charge in [-0.25, -0.2) is 9.78 Å². The minimum absolute atomic E-state index is 0.300. The molecular weight excluding hydrogens is 260 g/mol. The van der Waals surface area contributed by atoms with Gasteiger partial charge in [0.2, 0.25) is 0 Å². The first-order chi connectivity index (χ1) is 9.15. The highest BCUT2D eigenvalue weighted by Crippen LogP contribution is 2.30. The van der Waals surface area contributed by atoms with E-state index in [2.05, 4.69) is 16.8 Å². The minimum Gasteiger partial charge on any atom is -0.461 e. The number of carbonyl (C=O) groups is 1. The maximum atomic E-state index is 11.8. The van der Waals surface area contributed by atoms with Crippen molar-refractivity contribution in [3.8, 4) is 0 Å². The highest BCUT2D eigenvalue weighted by molar-refractivity contribution is 7.15. The van der Waals surface area contributed by atoms with Crippen LogP contribution in [0.5, 0.6) is 0 Å². The molecule has 0 bridgehead atoms. The highest BCUT2D eigenvalue weighted by Gasteiger charge is 2.23. The quantitative estimate of drug-likeness (QED) is 0.795. The van der Waals surface area contributed by atoms with Gasteiger partial charge in [0.05, 0.1) is 6.61 Å². The third-order valence-corrected chi connectivity index (χ3v) is 4.75. The largest absolute Gasteiger partial charge is 0.461 e. The second kappa shape index (κ2) is 6.37. The van der Waals surface area contributed by atoms with Gasteiger partial charge in [0.25, 0.3) is 0 Å². The standard InChI is InChI=1S/C14H22N2O2S/c1-4-11-6-8-16(9-7-11)14-15-12(10(3)19-14)13(17)18-5-2/h11H,4-9H2,1-3H3. The van der Waals surface area contributed by atoms with Crippen LogP contribution in [0.3, 0.4) is 0 Å². The van der Waals surface area contributed by atoms with Crippen LogP contribution in [0.15, 0.2) is 0 Å². The maximum absolute atomic E-state index is 11.8. The van der Waals surface area contributed by atoms with Gasteiger partial charge in [0, 0.05) is 18.0 Å². The van der Waals surface area contributed by atoms with Crippen LogP contribution >= 0.6 is 11.3 Å². The lowest BCUT2D eigenvalue weighted by Gasteiger charge is -2.31. The molecule has 0 unspecified atom stereocenters. The molecule has 2 rings (SSSR count). The SMILES string of the molecule is CCOC(=O)c1nc(N2CCC(CC)CC2)sc1C. The Balaban J connectivity index is 2.06. The lowest BCUT2D eigenvalue weighted by atomic mass is 9.95. The summed E-state index contributed by atoms with van der Waals surface area (Å²) in [7, 11) is 0. The third-order valence-electron chi connectivity index (χ3n) is 3.72. The number of hydrogen-bond acceptors (Lipinski definition) is 5. The maximum Gasteiger partial charge on any atom is 0.358 e. The van der Waals surface area contributed by atoms with Crippen molar-refractivity contribution in [3.05, 3.63) is 10.6 Å². The summed E-state index contributed by atoms with van der Waals surface area (Å²) in [5, 5.41) is 0.968. The number of ether oxygens (including phenoxy) is 1. The number of hydrogen-bond donors (Lipinski definition) is 0. The van der Waals surface area contributed by atoms with E-state index in [-0.39, 0.29) is 5.97 Å². The molecule has 19 heavy (non-hydrogen) atoms. The molecule has 2 heterocycles. The topological polar surface area (TPSA) is 42.4 Å². The first-order valence-electron chi connectivity index (χ1n) is 7.05. The van der Waals surface area contributed by atoms with E-state index >= 15 is 0 Å². The van der Waals surface area contributed by atoms with Gasteiger partial charge in [0.15, 0.2) is 10.8 Å². The van der Waals surface area contributed by atoms with Gasteiger partial charge in [-0.3, -0.25) is 0 Å². The summed E-state index contributed by atoms with van der Waals surface area (Å²) >= 11 is 1.60. The Kier molecular flexibility index (Phi) is 4.80. The monoisotopic (exact) mass is 282 g/mol. The smallest absolute Gasteiger partial charge is 0.358 e. The molecule has 0 radical (unpaired) electrons. The number of nitrogens with zero attached hydrogens (tertiary/aromatic N) is 2. The van der Waals surface area contributed by atoms with Gasteiger partial charge in [-0.1, -0.05) is 13.3 Å². The van der Waals surface area contributed by atoms with Crippen molar-refractivity contribution in [3.63, 3.8) is 0 Å². The van der Waals surface area contributed by atoms with Crippen molar-refractivity contribution in [2.45, 2.75) is 40.0 Å². The predicted molar refractivity (Wildman–Crippen MR) is 78.0 cm³/mol. The first-order valence-corrected chi connectivity index (χ1v) is 7.86. The minimum atomic E-state index is -0.300. The molecule has 0 aromatic carbocycles. The van der Waals surface area contributed by atoms with Crippen molar-refractivity contribution >= 4 is 22.4 Å². The zero-order valence-electron chi connectivity index (χ0n) is 11.9. The predicted octanol–water partition coefficient (Wildman–Crippen LogP) is 3.25. The number of aryl methyl sites for hydroxylation is 1. The molecule has 1 aromatic heterocycles. The van der Waals surface area contributed by atoms with Crippen LogP contribution in [0, 0.1) is 12.8 Å². The molecule has 0 atom stereocenters. The highest BCUT2D eigenvalue weighted by atomic mass is 32.1. The number of esters is 1. The van der Waals surface area contributed by atoms with Crippen molar-refractivity contribution in [2.24, 2.45) is 5.92 Å². The van der Waals surface area contributed by atoms with E-state index < -0.39 is 0 Å². The van der Waals surface area contributed by atoms with E-state index in [9.17, 15) is 4.79 Å². The summed E-state index contributed by atoms with van der Waals surface area (Å²) in [4.78, 5) is 19.5. The van der Waals surface area contributed by atoms with E-state index in [4.69, 9.17) is 4.74 Å². The number of piperidine rings is 1. The van der Waals surface area contributed by atoms with Gasteiger partial charge < -0.3 is 9.64 Å². The molecule has 1 aliphatic heterocycles. The van der Waals surface area contributed by atoms with Crippen molar-refractivity contribution in [1.29, 1.82) is 0 Å². The molecule has 5 heteroatoms. The first kappa shape index (κ1) is 14.3. The third kappa shape index (κ3) is 3.26. The molecule has 4 nitrogen and oxygen atoms in total. The molecule has 1 fully saturated rings. The molecule has 1 aliphatic rings. The summed E-state index contributed by atoms with van der Waals surface area (Å²) in [6.45, 7) is 8.50. The Hall–Kier alpha value is -1.10. The van der Waals surface area contributed by atoms with E-state index in [0.29, 0.717) is 12.3 Å². The number of anilines is 1. The van der Waals surface area contributed by atoms with E-state index in [1.165, 1.54) is 19.3 Å². The lowest BCUT2D eigenvalue weighted by Crippen LogP contribution is -2.33. The van der Waals surface area contributed by atoms with Crippen LogP contribution in [-0.2, 0) is 4.74 Å². The fourth-order valence-electron chi connectivity index (χ4n) is 2.44. The molecule has 0 amide bonds. The van der Waals surface area contributed by atoms with E-state index in [0.717, 1.165) is 29.0 Å². The fourth-order valence-corrected chi connectivity index (χ4v) is 3.39. The summed E-state index contributed by atoms with van der Waals surface area (Å²) in [5.74, 6) is 0.549. The molecule has 0 N–H and O–H groups in total. The zero-order chi connectivity index (χ0) is 13.8. The Labute approximate surface area is 118 Å². The molecule has 1 aromatic rings. The van der Waals surface area contributed by atoms with E-state index in [1.54, 1.807) is 11.3 Å². The Morgan fingerprint density at radius 3 is 2.68 bits per heavy atom. The second-order valence-corrected chi connectivity index (χ2v) is 6.14. The van der Waals surface area contributed by atoms with Crippen LogP contribution in [-0.4, -0.2) is 30.6 Å². The lowest BCUT2D eigenvalue weighted by molar-refractivity contribution is 0.0519. The average Bonchev–Trinajstić information content (AvgIpc) is 2.81. The molecule has 0 saturated carbocycles. The molecule has 1 saturated heterocycles. The van der Waals surface area contributed by atoms with E-state index in [1.807, 2.05) is 13.8 Å². The van der Waals surface area contributed by atoms with Crippen molar-refractivity contribution in [1.82, 2.24) is 4.98 Å². The van der Waals surface area contributed by atoms with Gasteiger partial charge >= 0.3 is 5.97 Å². The van der Waals surface area contributed by atoms with Crippen LogP contribution < -0.4 is 4.90 Å².